The van der Waals surface area contributed by atoms with E-state index in [1.165, 1.54) is 0 Å². The lowest BCUT2D eigenvalue weighted by Crippen LogP contribution is -2.12. The minimum Gasteiger partial charge on any atom is -0.339 e. The molecule has 8 heteroatoms. The van der Waals surface area contributed by atoms with Gasteiger partial charge in [-0.2, -0.15) is 16.3 Å². The molecule has 1 amide bonds. The predicted octanol–water partition coefficient (Wildman–Crippen LogP) is 4.92. The highest BCUT2D eigenvalue weighted by Crippen LogP contribution is 2.25. The number of thiophene rings is 1. The summed E-state index contributed by atoms with van der Waals surface area (Å²) >= 11 is 1.57. The molecule has 0 unspecified atom stereocenters. The smallest absolute Gasteiger partial charge is 0.227 e. The number of benzene rings is 2. The highest BCUT2D eigenvalue weighted by Gasteiger charge is 2.12. The van der Waals surface area contributed by atoms with Gasteiger partial charge in [-0.1, -0.05) is 17.3 Å². The van der Waals surface area contributed by atoms with Gasteiger partial charge < -0.3 is 14.4 Å². The third-order valence-corrected chi connectivity index (χ3v) is 5.71. The molecule has 2 aromatic carbocycles. The normalized spacial score (nSPS) is 11.1. The Bertz CT molecular complexity index is 1340. The topological polar surface area (TPSA) is 85.8 Å². The Kier molecular flexibility index (Phi) is 5.05. The fourth-order valence-electron chi connectivity index (χ4n) is 3.42. The summed E-state index contributed by atoms with van der Waals surface area (Å²) in [7, 11) is 2.00. The molecule has 0 aliphatic heterocycles. The second kappa shape index (κ2) is 8.16. The summed E-state index contributed by atoms with van der Waals surface area (Å²) in [4.78, 5) is 21.4. The summed E-state index contributed by atoms with van der Waals surface area (Å²) < 4.78 is 7.31. The van der Waals surface area contributed by atoms with Crippen molar-refractivity contribution in [2.75, 3.05) is 5.32 Å². The molecule has 0 saturated heterocycles. The van der Waals surface area contributed by atoms with E-state index in [2.05, 4.69) is 20.0 Å². The Morgan fingerprint density at radius 1 is 1.06 bits per heavy atom. The summed E-state index contributed by atoms with van der Waals surface area (Å²) in [6.07, 6.45) is 0.651. The zero-order valence-electron chi connectivity index (χ0n) is 16.8. The van der Waals surface area contributed by atoms with Crippen LogP contribution in [0, 0.1) is 0 Å². The van der Waals surface area contributed by atoms with Gasteiger partial charge in [0.2, 0.25) is 17.6 Å². The quantitative estimate of drug-likeness (QED) is 0.414. The Morgan fingerprint density at radius 3 is 2.68 bits per heavy atom. The van der Waals surface area contributed by atoms with Crippen LogP contribution in [0.4, 0.5) is 5.69 Å². The molecule has 0 spiro atoms. The van der Waals surface area contributed by atoms with E-state index < -0.39 is 0 Å². The lowest BCUT2D eigenvalue weighted by molar-refractivity contribution is -0.116. The monoisotopic (exact) mass is 429 g/mol. The fourth-order valence-corrected chi connectivity index (χ4v) is 4.05. The molecular formula is C23H19N5O2S. The van der Waals surface area contributed by atoms with Crippen molar-refractivity contribution in [1.29, 1.82) is 0 Å². The van der Waals surface area contributed by atoms with E-state index >= 15 is 0 Å². The minimum atomic E-state index is -0.106. The van der Waals surface area contributed by atoms with E-state index in [-0.39, 0.29) is 12.3 Å². The van der Waals surface area contributed by atoms with Gasteiger partial charge in [-0.05, 0) is 47.8 Å². The minimum absolute atomic E-state index is 0.106. The predicted molar refractivity (Wildman–Crippen MR) is 121 cm³/mol. The number of nitrogens with zero attached hydrogens (tertiary/aromatic N) is 4. The SMILES string of the molecule is Cn1c(-c2ccc(NC(=O)CCc3nc(-c4ccsc4)no3)cc2)nc2ccccc21. The van der Waals surface area contributed by atoms with Gasteiger partial charge in [0.05, 0.1) is 11.0 Å². The number of carbonyl (C=O) groups excluding carboxylic acids is 1. The number of aryl methyl sites for hydroxylation is 2. The second-order valence-corrected chi connectivity index (χ2v) is 7.91. The van der Waals surface area contributed by atoms with Gasteiger partial charge in [0.15, 0.2) is 0 Å². The number of para-hydroxylation sites is 2. The fraction of sp³-hybridized carbons (Fsp3) is 0.130. The number of anilines is 1. The summed E-state index contributed by atoms with van der Waals surface area (Å²) in [5, 5.41) is 10.8. The first-order valence-corrected chi connectivity index (χ1v) is 10.8. The van der Waals surface area contributed by atoms with Crippen LogP contribution in [0.25, 0.3) is 33.8 Å². The Labute approximate surface area is 182 Å². The van der Waals surface area contributed by atoms with Gasteiger partial charge in [0.1, 0.15) is 5.82 Å². The number of hydrogen-bond donors (Lipinski definition) is 1. The maximum absolute atomic E-state index is 12.3. The summed E-state index contributed by atoms with van der Waals surface area (Å²) in [6, 6.07) is 17.7. The molecule has 0 radical (unpaired) electrons. The van der Waals surface area contributed by atoms with Crippen LogP contribution >= 0.6 is 11.3 Å². The van der Waals surface area contributed by atoms with E-state index in [1.54, 1.807) is 11.3 Å². The summed E-state index contributed by atoms with van der Waals surface area (Å²) in [6.45, 7) is 0. The number of nitrogens with one attached hydrogen (secondary N) is 1. The number of carbonyl (C=O) groups is 1. The molecular weight excluding hydrogens is 410 g/mol. The maximum Gasteiger partial charge on any atom is 0.227 e. The molecule has 3 heterocycles. The van der Waals surface area contributed by atoms with Crippen molar-refractivity contribution in [1.82, 2.24) is 19.7 Å². The molecule has 0 aliphatic rings. The number of fused-ring (bicyclic) bond motifs is 1. The first kappa shape index (κ1) is 19.2. The van der Waals surface area contributed by atoms with Crippen molar-refractivity contribution in [3.05, 3.63) is 71.2 Å². The lowest BCUT2D eigenvalue weighted by atomic mass is 10.2. The van der Waals surface area contributed by atoms with Gasteiger partial charge in [0, 0.05) is 42.1 Å². The number of hydrogen-bond acceptors (Lipinski definition) is 6. The first-order chi connectivity index (χ1) is 15.2. The first-order valence-electron chi connectivity index (χ1n) is 9.84. The lowest BCUT2D eigenvalue weighted by Gasteiger charge is -2.06. The Balaban J connectivity index is 1.21. The van der Waals surface area contributed by atoms with Crippen LogP contribution in [0.15, 0.2) is 69.9 Å². The van der Waals surface area contributed by atoms with E-state index in [9.17, 15) is 4.79 Å². The maximum atomic E-state index is 12.3. The van der Waals surface area contributed by atoms with Gasteiger partial charge in [-0.3, -0.25) is 4.79 Å². The zero-order valence-corrected chi connectivity index (χ0v) is 17.6. The van der Waals surface area contributed by atoms with Crippen LogP contribution in [0.3, 0.4) is 0 Å². The van der Waals surface area contributed by atoms with Crippen LogP contribution in [0.2, 0.25) is 0 Å². The van der Waals surface area contributed by atoms with Crippen molar-refractivity contribution >= 4 is 34.0 Å². The van der Waals surface area contributed by atoms with Crippen LogP contribution in [-0.4, -0.2) is 25.6 Å². The summed E-state index contributed by atoms with van der Waals surface area (Å²) in [5.74, 6) is 1.78. The van der Waals surface area contributed by atoms with Crippen molar-refractivity contribution in [2.45, 2.75) is 12.8 Å². The van der Waals surface area contributed by atoms with Crippen molar-refractivity contribution in [3.63, 3.8) is 0 Å². The highest BCUT2D eigenvalue weighted by atomic mass is 32.1. The average Bonchev–Trinajstić information content (AvgIpc) is 3.54. The third-order valence-electron chi connectivity index (χ3n) is 5.03. The van der Waals surface area contributed by atoms with Gasteiger partial charge in [0.25, 0.3) is 0 Å². The number of imidazole rings is 1. The third kappa shape index (κ3) is 3.97. The molecule has 0 saturated carbocycles. The number of aromatic nitrogens is 4. The summed E-state index contributed by atoms with van der Waals surface area (Å²) in [5.41, 5.74) is 4.68. The molecule has 7 nitrogen and oxygen atoms in total. The van der Waals surface area contributed by atoms with E-state index in [4.69, 9.17) is 9.51 Å². The van der Waals surface area contributed by atoms with Crippen molar-refractivity contribution in [2.24, 2.45) is 7.05 Å². The van der Waals surface area contributed by atoms with Crippen molar-refractivity contribution in [3.8, 4) is 22.8 Å². The van der Waals surface area contributed by atoms with Gasteiger partial charge in [-0.15, -0.1) is 0 Å². The molecule has 0 fully saturated rings. The molecule has 5 rings (SSSR count). The number of rotatable bonds is 6. The van der Waals surface area contributed by atoms with Crippen LogP contribution in [0.1, 0.15) is 12.3 Å². The molecule has 1 N–H and O–H groups in total. The van der Waals surface area contributed by atoms with E-state index in [0.717, 1.165) is 33.7 Å². The van der Waals surface area contributed by atoms with Gasteiger partial charge in [-0.25, -0.2) is 4.98 Å². The molecule has 154 valence electrons. The molecule has 0 atom stereocenters. The van der Waals surface area contributed by atoms with E-state index in [1.807, 2.05) is 72.4 Å². The van der Waals surface area contributed by atoms with Crippen molar-refractivity contribution < 1.29 is 9.32 Å². The zero-order chi connectivity index (χ0) is 21.2. The van der Waals surface area contributed by atoms with Gasteiger partial charge >= 0.3 is 0 Å². The van der Waals surface area contributed by atoms with Crippen LogP contribution in [-0.2, 0) is 18.3 Å². The standard InChI is InChI=1S/C23H19N5O2S/c1-28-19-5-3-2-4-18(19)25-23(28)15-6-8-17(9-7-15)24-20(29)10-11-21-26-22(27-30-21)16-12-13-31-14-16/h2-9,12-14H,10-11H2,1H3,(H,24,29). The molecule has 0 aliphatic carbocycles. The largest absolute Gasteiger partial charge is 0.339 e. The Hall–Kier alpha value is -3.78. The molecule has 5 aromatic rings. The van der Waals surface area contributed by atoms with Crippen LogP contribution < -0.4 is 5.32 Å². The second-order valence-electron chi connectivity index (χ2n) is 7.13. The molecule has 31 heavy (non-hydrogen) atoms. The Morgan fingerprint density at radius 2 is 1.90 bits per heavy atom. The highest BCUT2D eigenvalue weighted by molar-refractivity contribution is 7.08. The van der Waals surface area contributed by atoms with Crippen LogP contribution in [0.5, 0.6) is 0 Å². The number of amides is 1. The average molecular weight is 430 g/mol. The molecule has 0 bridgehead atoms. The van der Waals surface area contributed by atoms with E-state index in [0.29, 0.717) is 18.1 Å². The molecule has 3 aromatic heterocycles.